The molecule has 0 radical (unpaired) electrons. The topological polar surface area (TPSA) is 106 Å². The highest BCUT2D eigenvalue weighted by Gasteiger charge is 2.28. The molecule has 0 saturated carbocycles. The van der Waals surface area contributed by atoms with Gasteiger partial charge in [-0.3, -0.25) is 9.78 Å². The van der Waals surface area contributed by atoms with Crippen LogP contribution in [0.1, 0.15) is 13.8 Å². The first-order valence-electron chi connectivity index (χ1n) is 5.52. The first-order valence-corrected chi connectivity index (χ1v) is 7.00. The second-order valence-corrected chi connectivity index (χ2v) is 5.96. The number of methoxy groups -OCH3 is 1. The molecule has 0 amide bonds. The van der Waals surface area contributed by atoms with Crippen molar-refractivity contribution in [3.8, 4) is 5.75 Å². The maximum Gasteiger partial charge on any atom is 0.322 e. The van der Waals surface area contributed by atoms with Gasteiger partial charge in [0.2, 0.25) is 10.0 Å². The third-order valence-corrected chi connectivity index (χ3v) is 3.86. The van der Waals surface area contributed by atoms with E-state index in [0.717, 1.165) is 6.20 Å². The zero-order chi connectivity index (χ0) is 14.6. The van der Waals surface area contributed by atoms with Crippen molar-refractivity contribution in [1.29, 1.82) is 0 Å². The van der Waals surface area contributed by atoms with E-state index in [9.17, 15) is 13.2 Å². The van der Waals surface area contributed by atoms with Crippen molar-refractivity contribution in [2.24, 2.45) is 5.92 Å². The van der Waals surface area contributed by atoms with Crippen LogP contribution in [0.25, 0.3) is 0 Å². The minimum atomic E-state index is -3.96. The lowest BCUT2D eigenvalue weighted by atomic mass is 10.1. The van der Waals surface area contributed by atoms with Crippen LogP contribution < -0.4 is 9.46 Å². The molecule has 0 fully saturated rings. The molecular formula is C11H16N2O5S. The first-order chi connectivity index (χ1) is 8.77. The second-order valence-electron chi connectivity index (χ2n) is 4.24. The quantitative estimate of drug-likeness (QED) is 0.788. The summed E-state index contributed by atoms with van der Waals surface area (Å²) in [4.78, 5) is 14.6. The lowest BCUT2D eigenvalue weighted by molar-refractivity contribution is -0.140. The summed E-state index contributed by atoms with van der Waals surface area (Å²) in [6.07, 6.45) is 2.49. The highest BCUT2D eigenvalue weighted by atomic mass is 32.2. The van der Waals surface area contributed by atoms with E-state index >= 15 is 0 Å². The molecule has 0 spiro atoms. The molecular weight excluding hydrogens is 272 g/mol. The smallest absolute Gasteiger partial charge is 0.322 e. The number of carboxylic acid groups (broad SMARTS) is 1. The molecule has 0 aliphatic heterocycles. The van der Waals surface area contributed by atoms with E-state index in [2.05, 4.69) is 9.71 Å². The molecule has 0 aliphatic carbocycles. The van der Waals surface area contributed by atoms with Gasteiger partial charge in [-0.1, -0.05) is 13.8 Å². The third kappa shape index (κ3) is 3.90. The van der Waals surface area contributed by atoms with Crippen LogP contribution in [0.5, 0.6) is 5.75 Å². The Kier molecular flexibility index (Phi) is 4.84. The average Bonchev–Trinajstić information content (AvgIpc) is 2.35. The van der Waals surface area contributed by atoms with Crippen molar-refractivity contribution in [3.63, 3.8) is 0 Å². The van der Waals surface area contributed by atoms with Crippen molar-refractivity contribution in [1.82, 2.24) is 9.71 Å². The molecule has 0 bridgehead atoms. The van der Waals surface area contributed by atoms with Crippen LogP contribution in [0.3, 0.4) is 0 Å². The van der Waals surface area contributed by atoms with Crippen LogP contribution in [0, 0.1) is 5.92 Å². The van der Waals surface area contributed by atoms with Crippen molar-refractivity contribution in [3.05, 3.63) is 18.5 Å². The molecule has 2 N–H and O–H groups in total. The molecule has 0 saturated heterocycles. The number of nitrogens with zero attached hydrogens (tertiary/aromatic N) is 1. The molecule has 8 heteroatoms. The summed E-state index contributed by atoms with van der Waals surface area (Å²) in [6, 6.07) is 0.0744. The molecule has 0 aliphatic rings. The number of sulfonamides is 1. The van der Waals surface area contributed by atoms with E-state index in [4.69, 9.17) is 9.84 Å². The molecule has 19 heavy (non-hydrogen) atoms. The standard InChI is InChI=1S/C11H16N2O5S/c1-7(2)10(11(14)15)13-19(16,17)9-4-8(18-3)5-12-6-9/h4-7,10,13H,1-3H3,(H,14,15)/t10-/m1/s1. The number of aromatic nitrogens is 1. The first kappa shape index (κ1) is 15.4. The lowest BCUT2D eigenvalue weighted by Crippen LogP contribution is -2.44. The van der Waals surface area contributed by atoms with Gasteiger partial charge in [0.1, 0.15) is 16.7 Å². The Morgan fingerprint density at radius 2 is 2.05 bits per heavy atom. The van der Waals surface area contributed by atoms with Crippen LogP contribution in [-0.2, 0) is 14.8 Å². The Morgan fingerprint density at radius 3 is 2.53 bits per heavy atom. The number of rotatable bonds is 6. The van der Waals surface area contributed by atoms with Crippen molar-refractivity contribution in [2.75, 3.05) is 7.11 Å². The van der Waals surface area contributed by atoms with Crippen molar-refractivity contribution >= 4 is 16.0 Å². The monoisotopic (exact) mass is 288 g/mol. The van der Waals surface area contributed by atoms with Crippen LogP contribution in [0.2, 0.25) is 0 Å². The number of pyridine rings is 1. The maximum absolute atomic E-state index is 12.0. The number of carbonyl (C=O) groups is 1. The average molecular weight is 288 g/mol. The number of nitrogens with one attached hydrogen (secondary N) is 1. The van der Waals surface area contributed by atoms with E-state index in [1.54, 1.807) is 13.8 Å². The van der Waals surface area contributed by atoms with Gasteiger partial charge in [-0.15, -0.1) is 0 Å². The fourth-order valence-corrected chi connectivity index (χ4v) is 2.68. The lowest BCUT2D eigenvalue weighted by Gasteiger charge is -2.17. The summed E-state index contributed by atoms with van der Waals surface area (Å²) in [5.41, 5.74) is 0. The highest BCUT2D eigenvalue weighted by molar-refractivity contribution is 7.89. The number of hydrogen-bond acceptors (Lipinski definition) is 5. The Hall–Kier alpha value is -1.67. The Balaban J connectivity index is 3.06. The number of carboxylic acids is 1. The zero-order valence-corrected chi connectivity index (χ0v) is 11.6. The fraction of sp³-hybridized carbons (Fsp3) is 0.455. The molecule has 0 unspecified atom stereocenters. The maximum atomic E-state index is 12.0. The van der Waals surface area contributed by atoms with Gasteiger partial charge >= 0.3 is 5.97 Å². The molecule has 1 heterocycles. The van der Waals surface area contributed by atoms with Crippen LogP contribution >= 0.6 is 0 Å². The molecule has 0 aromatic carbocycles. The largest absolute Gasteiger partial charge is 0.495 e. The Bertz CT molecular complexity index is 556. The van der Waals surface area contributed by atoms with Gasteiger partial charge in [-0.05, 0) is 5.92 Å². The van der Waals surface area contributed by atoms with Gasteiger partial charge < -0.3 is 9.84 Å². The van der Waals surface area contributed by atoms with Crippen molar-refractivity contribution < 1.29 is 23.1 Å². The predicted octanol–water partition coefficient (Wildman–Crippen LogP) is 0.478. The van der Waals surface area contributed by atoms with E-state index in [-0.39, 0.29) is 16.6 Å². The normalized spacial score (nSPS) is 13.3. The van der Waals surface area contributed by atoms with Gasteiger partial charge in [0.15, 0.2) is 0 Å². The van der Waals surface area contributed by atoms with Gasteiger partial charge in [-0.2, -0.15) is 4.72 Å². The minimum absolute atomic E-state index is 0.140. The summed E-state index contributed by atoms with van der Waals surface area (Å²) >= 11 is 0. The summed E-state index contributed by atoms with van der Waals surface area (Å²) in [5, 5.41) is 8.99. The van der Waals surface area contributed by atoms with Gasteiger partial charge in [0.05, 0.1) is 13.3 Å². The van der Waals surface area contributed by atoms with Gasteiger partial charge in [-0.25, -0.2) is 8.42 Å². The molecule has 1 atom stereocenters. The summed E-state index contributed by atoms with van der Waals surface area (Å²) in [5.74, 6) is -1.33. The Morgan fingerprint density at radius 1 is 1.42 bits per heavy atom. The Labute approximate surface area is 111 Å². The van der Waals surface area contributed by atoms with E-state index < -0.39 is 22.0 Å². The van der Waals surface area contributed by atoms with E-state index in [1.807, 2.05) is 0 Å². The summed E-state index contributed by atoms with van der Waals surface area (Å²) < 4.78 is 31.1. The van der Waals surface area contributed by atoms with Crippen LogP contribution in [0.4, 0.5) is 0 Å². The summed E-state index contributed by atoms with van der Waals surface area (Å²) in [6.45, 7) is 3.23. The number of hydrogen-bond donors (Lipinski definition) is 2. The molecule has 1 rings (SSSR count). The van der Waals surface area contributed by atoms with Gasteiger partial charge in [0.25, 0.3) is 0 Å². The predicted molar refractivity (Wildman–Crippen MR) is 67.4 cm³/mol. The summed E-state index contributed by atoms with van der Waals surface area (Å²) in [7, 11) is -2.57. The van der Waals surface area contributed by atoms with Crippen LogP contribution in [-0.4, -0.2) is 37.6 Å². The molecule has 1 aromatic rings. The number of aliphatic carboxylic acids is 1. The molecule has 1 aromatic heterocycles. The van der Waals surface area contributed by atoms with Crippen molar-refractivity contribution in [2.45, 2.75) is 24.8 Å². The highest BCUT2D eigenvalue weighted by Crippen LogP contribution is 2.16. The molecule has 7 nitrogen and oxygen atoms in total. The third-order valence-electron chi connectivity index (χ3n) is 2.45. The zero-order valence-electron chi connectivity index (χ0n) is 10.8. The van der Waals surface area contributed by atoms with Crippen LogP contribution in [0.15, 0.2) is 23.4 Å². The second kappa shape index (κ2) is 5.98. The molecule has 106 valence electrons. The minimum Gasteiger partial charge on any atom is -0.495 e. The SMILES string of the molecule is COc1cncc(S(=O)(=O)N[C@@H](C(=O)O)C(C)C)c1. The van der Waals surface area contributed by atoms with Gasteiger partial charge in [0, 0.05) is 12.3 Å². The van der Waals surface area contributed by atoms with E-state index in [0.29, 0.717) is 0 Å². The number of ether oxygens (including phenoxy) is 1. The fourth-order valence-electron chi connectivity index (χ4n) is 1.36. The van der Waals surface area contributed by atoms with E-state index in [1.165, 1.54) is 19.4 Å².